The summed E-state index contributed by atoms with van der Waals surface area (Å²) in [7, 11) is -0.890. The summed E-state index contributed by atoms with van der Waals surface area (Å²) in [5.74, 6) is 1.89. The Morgan fingerprint density at radius 2 is 1.65 bits per heavy atom. The van der Waals surface area contributed by atoms with E-state index in [4.69, 9.17) is 9.16 Å². The molecule has 1 amide bonds. The van der Waals surface area contributed by atoms with Gasteiger partial charge >= 0.3 is 5.97 Å². The van der Waals surface area contributed by atoms with Gasteiger partial charge in [0.2, 0.25) is 5.91 Å². The SMILES string of the molecule is COC(=O)C(C(C)O[Si](C)(C)C(C)(C)C)n1ccc2c(NC(=O)CC34CC5CC(CC(C5)C3)C4)cccc2c1=O. The number of hydrogen-bond acceptors (Lipinski definition) is 5. The van der Waals surface area contributed by atoms with Gasteiger partial charge in [-0.1, -0.05) is 26.8 Å². The lowest BCUT2D eigenvalue weighted by atomic mass is 9.49. The Morgan fingerprint density at radius 1 is 1.05 bits per heavy atom. The molecule has 4 aliphatic rings. The van der Waals surface area contributed by atoms with Crippen molar-refractivity contribution in [2.75, 3.05) is 12.4 Å². The monoisotopic (exact) mass is 566 g/mol. The van der Waals surface area contributed by atoms with E-state index >= 15 is 0 Å². The number of carbonyl (C=O) groups is 2. The van der Waals surface area contributed by atoms with Crippen LogP contribution in [0.2, 0.25) is 18.1 Å². The number of benzene rings is 1. The van der Waals surface area contributed by atoms with Crippen molar-refractivity contribution in [1.29, 1.82) is 0 Å². The first kappa shape index (κ1) is 29.1. The van der Waals surface area contributed by atoms with Crippen LogP contribution in [0.1, 0.15) is 78.7 Å². The minimum absolute atomic E-state index is 0.0301. The number of anilines is 1. The number of esters is 1. The van der Waals surface area contributed by atoms with Gasteiger partial charge in [0, 0.05) is 29.1 Å². The maximum absolute atomic E-state index is 13.8. The van der Waals surface area contributed by atoms with E-state index in [1.54, 1.807) is 18.3 Å². The van der Waals surface area contributed by atoms with Gasteiger partial charge in [-0.3, -0.25) is 14.2 Å². The van der Waals surface area contributed by atoms with Crippen LogP contribution in [-0.4, -0.2) is 38.0 Å². The summed E-state index contributed by atoms with van der Waals surface area (Å²) in [4.78, 5) is 40.1. The van der Waals surface area contributed by atoms with E-state index in [0.29, 0.717) is 22.9 Å². The standard InChI is InChI=1S/C32H46N2O5Si/c1-20(39-40(6,7)31(2,3)4)28(30(37)38-5)34-12-11-24-25(29(34)36)9-8-10-26(24)33-27(35)19-32-16-21-13-22(17-32)15-23(14-21)18-32/h8-12,20-23,28H,13-19H2,1-7H3,(H,33,35). The van der Waals surface area contributed by atoms with Gasteiger partial charge in [0.15, 0.2) is 14.4 Å². The number of fused-ring (bicyclic) bond motifs is 1. The zero-order valence-corrected chi connectivity index (χ0v) is 26.2. The van der Waals surface area contributed by atoms with E-state index in [1.807, 2.05) is 19.1 Å². The Kier molecular flexibility index (Phi) is 7.57. The van der Waals surface area contributed by atoms with Gasteiger partial charge in [-0.05, 0) is 105 Å². The number of rotatable bonds is 8. The molecule has 4 saturated carbocycles. The fourth-order valence-corrected chi connectivity index (χ4v) is 9.43. The molecule has 1 aromatic carbocycles. The third-order valence-corrected chi connectivity index (χ3v) is 15.0. The van der Waals surface area contributed by atoms with Crippen LogP contribution in [0.15, 0.2) is 35.3 Å². The second-order valence-corrected chi connectivity index (χ2v) is 19.2. The quantitative estimate of drug-likeness (QED) is 0.285. The minimum Gasteiger partial charge on any atom is -0.467 e. The first-order chi connectivity index (χ1) is 18.7. The number of nitrogens with one attached hydrogen (secondary N) is 1. The van der Waals surface area contributed by atoms with Crippen molar-refractivity contribution >= 4 is 36.7 Å². The highest BCUT2D eigenvalue weighted by Gasteiger charge is 2.51. The maximum Gasteiger partial charge on any atom is 0.331 e. The third kappa shape index (κ3) is 5.41. The van der Waals surface area contributed by atoms with Gasteiger partial charge in [0.25, 0.3) is 5.56 Å². The van der Waals surface area contributed by atoms with Crippen LogP contribution in [0.25, 0.3) is 10.8 Å². The van der Waals surface area contributed by atoms with Crippen LogP contribution in [0.4, 0.5) is 5.69 Å². The summed E-state index contributed by atoms with van der Waals surface area (Å²) >= 11 is 0. The Hall–Kier alpha value is -2.45. The van der Waals surface area contributed by atoms with Gasteiger partial charge in [0.1, 0.15) is 0 Å². The largest absolute Gasteiger partial charge is 0.467 e. The molecule has 0 saturated heterocycles. The molecule has 0 aliphatic heterocycles. The smallest absolute Gasteiger partial charge is 0.331 e. The molecule has 4 fully saturated rings. The van der Waals surface area contributed by atoms with Gasteiger partial charge in [-0.15, -0.1) is 0 Å². The number of pyridine rings is 1. The molecular weight excluding hydrogens is 520 g/mol. The average Bonchev–Trinajstić information content (AvgIpc) is 2.83. The molecular formula is C32H46N2O5Si. The molecule has 218 valence electrons. The highest BCUT2D eigenvalue weighted by atomic mass is 28.4. The van der Waals surface area contributed by atoms with Crippen molar-refractivity contribution in [2.24, 2.45) is 23.2 Å². The van der Waals surface area contributed by atoms with Crippen LogP contribution in [-0.2, 0) is 18.8 Å². The first-order valence-corrected chi connectivity index (χ1v) is 17.8. The van der Waals surface area contributed by atoms with Crippen LogP contribution in [0.5, 0.6) is 0 Å². The number of amides is 1. The van der Waals surface area contributed by atoms with Gasteiger partial charge in [-0.25, -0.2) is 4.79 Å². The van der Waals surface area contributed by atoms with Crippen molar-refractivity contribution < 1.29 is 18.8 Å². The summed E-state index contributed by atoms with van der Waals surface area (Å²) in [6, 6.07) is 6.27. The van der Waals surface area contributed by atoms with Gasteiger partial charge in [-0.2, -0.15) is 0 Å². The Labute approximate surface area is 239 Å². The average molecular weight is 567 g/mol. The maximum atomic E-state index is 13.8. The highest BCUT2D eigenvalue weighted by Crippen LogP contribution is 2.61. The van der Waals surface area contributed by atoms with Gasteiger partial charge < -0.3 is 14.5 Å². The zero-order valence-electron chi connectivity index (χ0n) is 25.2. The van der Waals surface area contributed by atoms with E-state index in [9.17, 15) is 14.4 Å². The van der Waals surface area contributed by atoms with Crippen molar-refractivity contribution in [1.82, 2.24) is 4.57 Å². The number of nitrogens with zero attached hydrogens (tertiary/aromatic N) is 1. The fraction of sp³-hybridized carbons (Fsp3) is 0.656. The molecule has 6 rings (SSSR count). The molecule has 0 radical (unpaired) electrons. The van der Waals surface area contributed by atoms with E-state index < -0.39 is 26.4 Å². The van der Waals surface area contributed by atoms with Gasteiger partial charge in [0.05, 0.1) is 13.2 Å². The normalized spacial score (nSPS) is 27.4. The molecule has 7 nitrogen and oxygen atoms in total. The van der Waals surface area contributed by atoms with E-state index in [1.165, 1.54) is 50.2 Å². The van der Waals surface area contributed by atoms with Crippen LogP contribution in [0, 0.1) is 23.2 Å². The predicted molar refractivity (Wildman–Crippen MR) is 161 cm³/mol. The van der Waals surface area contributed by atoms with Crippen molar-refractivity contribution in [3.05, 3.63) is 40.8 Å². The first-order valence-electron chi connectivity index (χ1n) is 14.9. The summed E-state index contributed by atoms with van der Waals surface area (Å²) < 4.78 is 13.1. The summed E-state index contributed by atoms with van der Waals surface area (Å²) in [6.45, 7) is 12.5. The van der Waals surface area contributed by atoms with E-state index in [0.717, 1.165) is 17.8 Å². The number of aromatic nitrogens is 1. The fourth-order valence-electron chi connectivity index (χ4n) is 8.02. The highest BCUT2D eigenvalue weighted by molar-refractivity contribution is 6.74. The molecule has 1 aromatic heterocycles. The second kappa shape index (κ2) is 10.4. The Morgan fingerprint density at radius 3 is 2.20 bits per heavy atom. The predicted octanol–water partition coefficient (Wildman–Crippen LogP) is 6.67. The van der Waals surface area contributed by atoms with Crippen LogP contribution in [0.3, 0.4) is 0 Å². The van der Waals surface area contributed by atoms with Crippen LogP contribution < -0.4 is 10.9 Å². The molecule has 1 heterocycles. The molecule has 0 spiro atoms. The Balaban J connectivity index is 1.40. The molecule has 8 heteroatoms. The number of hydrogen-bond donors (Lipinski definition) is 1. The summed E-state index contributed by atoms with van der Waals surface area (Å²) in [6.07, 6.45) is 9.20. The van der Waals surface area contributed by atoms with E-state index in [-0.39, 0.29) is 21.9 Å². The molecule has 2 unspecified atom stereocenters. The third-order valence-electron chi connectivity index (χ3n) is 10.4. The molecule has 1 N–H and O–H groups in total. The van der Waals surface area contributed by atoms with E-state index in [2.05, 4.69) is 39.2 Å². The summed E-state index contributed by atoms with van der Waals surface area (Å²) in [5.41, 5.74) is 0.469. The number of methoxy groups -OCH3 is 1. The second-order valence-electron chi connectivity index (χ2n) is 14.5. The van der Waals surface area contributed by atoms with Crippen molar-refractivity contribution in [3.8, 4) is 0 Å². The molecule has 2 aromatic rings. The number of carbonyl (C=O) groups excluding carboxylic acids is 2. The molecule has 40 heavy (non-hydrogen) atoms. The topological polar surface area (TPSA) is 86.6 Å². The molecule has 4 aliphatic carbocycles. The molecule has 2 atom stereocenters. The van der Waals surface area contributed by atoms with Crippen molar-refractivity contribution in [3.63, 3.8) is 0 Å². The van der Waals surface area contributed by atoms with Crippen molar-refractivity contribution in [2.45, 2.75) is 103 Å². The lowest BCUT2D eigenvalue weighted by molar-refractivity contribution is -0.147. The lowest BCUT2D eigenvalue weighted by Gasteiger charge is -2.56. The minimum atomic E-state index is -2.22. The zero-order chi connectivity index (χ0) is 29.0. The number of ether oxygens (including phenoxy) is 1. The molecule has 4 bridgehead atoms. The van der Waals surface area contributed by atoms with Crippen LogP contribution >= 0.6 is 0 Å². The lowest BCUT2D eigenvalue weighted by Crippen LogP contribution is -2.48. The summed E-state index contributed by atoms with van der Waals surface area (Å²) in [5, 5.41) is 4.20. The Bertz CT molecular complexity index is 1320.